The molecule has 0 spiro atoms. The van der Waals surface area contributed by atoms with Crippen LogP contribution < -0.4 is 5.32 Å². The summed E-state index contributed by atoms with van der Waals surface area (Å²) < 4.78 is 26.9. The van der Waals surface area contributed by atoms with Crippen molar-refractivity contribution in [2.24, 2.45) is 5.92 Å². The lowest BCUT2D eigenvalue weighted by molar-refractivity contribution is -0.136. The van der Waals surface area contributed by atoms with Crippen LogP contribution in [0.4, 0.5) is 0 Å². The number of carbonyl (C=O) groups is 2. The third-order valence-corrected chi connectivity index (χ3v) is 7.71. The highest BCUT2D eigenvalue weighted by Gasteiger charge is 2.29. The number of hydrogen-bond acceptors (Lipinski definition) is 4. The average Bonchev–Trinajstić information content (AvgIpc) is 2.73. The molecule has 0 atom stereocenters. The van der Waals surface area contributed by atoms with Crippen LogP contribution in [-0.2, 0) is 19.6 Å². The smallest absolute Gasteiger partial charge is 0.243 e. The summed E-state index contributed by atoms with van der Waals surface area (Å²) in [5, 5.41) is 2.94. The van der Waals surface area contributed by atoms with E-state index in [1.807, 2.05) is 0 Å². The molecule has 29 heavy (non-hydrogen) atoms. The Hall–Kier alpha value is -1.93. The average molecular weight is 422 g/mol. The second-order valence-electron chi connectivity index (χ2n) is 7.94. The zero-order chi connectivity index (χ0) is 20.7. The number of benzene rings is 1. The molecule has 1 aromatic carbocycles. The Balaban J connectivity index is 1.42. The Morgan fingerprint density at radius 1 is 1.00 bits per heavy atom. The molecule has 8 heteroatoms. The van der Waals surface area contributed by atoms with Gasteiger partial charge in [-0.3, -0.25) is 9.59 Å². The van der Waals surface area contributed by atoms with E-state index in [0.717, 1.165) is 38.5 Å². The highest BCUT2D eigenvalue weighted by Crippen LogP contribution is 2.23. The molecule has 7 nitrogen and oxygen atoms in total. The van der Waals surface area contributed by atoms with Crippen molar-refractivity contribution in [1.29, 1.82) is 0 Å². The predicted molar refractivity (Wildman–Crippen MR) is 111 cm³/mol. The Labute approximate surface area is 173 Å². The quantitative estimate of drug-likeness (QED) is 0.761. The van der Waals surface area contributed by atoms with Crippen LogP contribution in [-0.4, -0.2) is 62.2 Å². The van der Waals surface area contributed by atoms with Gasteiger partial charge in [0.15, 0.2) is 0 Å². The van der Waals surface area contributed by atoms with Gasteiger partial charge in [-0.15, -0.1) is 0 Å². The van der Waals surface area contributed by atoms with Crippen molar-refractivity contribution < 1.29 is 18.0 Å². The minimum absolute atomic E-state index is 0.0688. The molecule has 160 valence electrons. The maximum Gasteiger partial charge on any atom is 0.243 e. The van der Waals surface area contributed by atoms with E-state index in [9.17, 15) is 18.0 Å². The van der Waals surface area contributed by atoms with E-state index in [2.05, 4.69) is 5.32 Å². The molecule has 0 saturated carbocycles. The Morgan fingerprint density at radius 2 is 1.69 bits per heavy atom. The topological polar surface area (TPSA) is 86.8 Å². The van der Waals surface area contributed by atoms with Crippen molar-refractivity contribution in [2.45, 2.75) is 49.8 Å². The summed E-state index contributed by atoms with van der Waals surface area (Å²) in [5.74, 6) is 0.196. The van der Waals surface area contributed by atoms with E-state index < -0.39 is 10.0 Å². The van der Waals surface area contributed by atoms with Crippen LogP contribution in [0.3, 0.4) is 0 Å². The lowest BCUT2D eigenvalue weighted by atomic mass is 9.98. The van der Waals surface area contributed by atoms with Gasteiger partial charge in [-0.1, -0.05) is 31.0 Å². The maximum atomic E-state index is 12.7. The molecule has 2 aliphatic rings. The summed E-state index contributed by atoms with van der Waals surface area (Å²) in [6, 6.07) is 8.49. The molecule has 1 N–H and O–H groups in total. The Morgan fingerprint density at radius 3 is 2.41 bits per heavy atom. The molecule has 0 aromatic heterocycles. The van der Waals surface area contributed by atoms with Crippen LogP contribution in [0.1, 0.15) is 44.9 Å². The molecule has 1 aromatic rings. The molecular weight excluding hydrogens is 390 g/mol. The number of piperidine rings is 1. The number of carbonyl (C=O) groups excluding carboxylic acids is 2. The van der Waals surface area contributed by atoms with Gasteiger partial charge in [0.2, 0.25) is 21.8 Å². The first-order valence-electron chi connectivity index (χ1n) is 10.6. The number of rotatable bonds is 6. The normalized spacial score (nSPS) is 20.1. The van der Waals surface area contributed by atoms with Crippen molar-refractivity contribution in [3.05, 3.63) is 30.3 Å². The van der Waals surface area contributed by atoms with E-state index in [4.69, 9.17) is 0 Å². The lowest BCUT2D eigenvalue weighted by Gasteiger charge is -2.31. The number of nitrogens with zero attached hydrogens (tertiary/aromatic N) is 2. The molecule has 2 fully saturated rings. The van der Waals surface area contributed by atoms with Gasteiger partial charge in [0.25, 0.3) is 0 Å². The van der Waals surface area contributed by atoms with Crippen LogP contribution in [0.2, 0.25) is 0 Å². The van der Waals surface area contributed by atoms with Crippen molar-refractivity contribution in [3.8, 4) is 0 Å². The van der Waals surface area contributed by atoms with E-state index in [-0.39, 0.29) is 24.3 Å². The second kappa shape index (κ2) is 10.2. The number of hydrogen-bond donors (Lipinski definition) is 1. The van der Waals surface area contributed by atoms with E-state index in [0.29, 0.717) is 37.5 Å². The van der Waals surface area contributed by atoms with Gasteiger partial charge in [-0.25, -0.2) is 8.42 Å². The Bertz CT molecular complexity index is 789. The van der Waals surface area contributed by atoms with Crippen LogP contribution >= 0.6 is 0 Å². The second-order valence-corrected chi connectivity index (χ2v) is 9.88. The molecule has 2 aliphatic heterocycles. The molecule has 2 amide bonds. The minimum atomic E-state index is -3.45. The minimum Gasteiger partial charge on any atom is -0.354 e. The molecule has 2 heterocycles. The summed E-state index contributed by atoms with van der Waals surface area (Å²) in [6.07, 6.45) is 6.01. The summed E-state index contributed by atoms with van der Waals surface area (Å²) in [7, 11) is -3.45. The van der Waals surface area contributed by atoms with Crippen molar-refractivity contribution >= 4 is 21.8 Å². The van der Waals surface area contributed by atoms with Gasteiger partial charge in [-0.2, -0.15) is 4.31 Å². The summed E-state index contributed by atoms with van der Waals surface area (Å²) >= 11 is 0. The first-order chi connectivity index (χ1) is 14.0. The van der Waals surface area contributed by atoms with Crippen molar-refractivity contribution in [3.63, 3.8) is 0 Å². The number of nitrogens with one attached hydrogen (secondary N) is 1. The molecule has 0 unspecified atom stereocenters. The van der Waals surface area contributed by atoms with Gasteiger partial charge in [0.05, 0.1) is 11.4 Å². The number of likely N-dealkylation sites (tertiary alicyclic amines) is 1. The molecule has 0 aliphatic carbocycles. The molecule has 0 radical (unpaired) electrons. The molecule has 2 saturated heterocycles. The van der Waals surface area contributed by atoms with Gasteiger partial charge in [0.1, 0.15) is 0 Å². The fourth-order valence-electron chi connectivity index (χ4n) is 3.97. The molecule has 0 bridgehead atoms. The van der Waals surface area contributed by atoms with Crippen LogP contribution in [0, 0.1) is 5.92 Å². The molecule has 3 rings (SSSR count). The van der Waals surface area contributed by atoms with Crippen LogP contribution in [0.5, 0.6) is 0 Å². The van der Waals surface area contributed by atoms with Crippen LogP contribution in [0.15, 0.2) is 35.2 Å². The van der Waals surface area contributed by atoms with E-state index >= 15 is 0 Å². The highest BCUT2D eigenvalue weighted by molar-refractivity contribution is 7.89. The van der Waals surface area contributed by atoms with E-state index in [1.54, 1.807) is 35.2 Å². The highest BCUT2D eigenvalue weighted by atomic mass is 32.2. The lowest BCUT2D eigenvalue weighted by Crippen LogP contribution is -2.44. The van der Waals surface area contributed by atoms with E-state index in [1.165, 1.54) is 4.31 Å². The fraction of sp³-hybridized carbons (Fsp3) is 0.619. The number of sulfonamides is 1. The fourth-order valence-corrected chi connectivity index (χ4v) is 5.46. The monoisotopic (exact) mass is 421 g/mol. The zero-order valence-electron chi connectivity index (χ0n) is 16.9. The SMILES string of the molecule is O=C(CN1CCCCCCC1=O)NCC1CCN(S(=O)(=O)c2ccccc2)CC1. The van der Waals surface area contributed by atoms with Crippen molar-refractivity contribution in [1.82, 2.24) is 14.5 Å². The molecular formula is C21H31N3O4S. The third-order valence-electron chi connectivity index (χ3n) is 5.80. The summed E-state index contributed by atoms with van der Waals surface area (Å²) in [6.45, 7) is 2.23. The summed E-state index contributed by atoms with van der Waals surface area (Å²) in [5.41, 5.74) is 0. The Kier molecular flexibility index (Phi) is 7.66. The van der Waals surface area contributed by atoms with Crippen LogP contribution in [0.25, 0.3) is 0 Å². The standard InChI is InChI=1S/C21H31N3O4S/c25-20(17-23-13-7-2-1-6-10-21(23)26)22-16-18-11-14-24(15-12-18)29(27,28)19-8-4-3-5-9-19/h3-5,8-9,18H,1-2,6-7,10-17H2,(H,22,25). The van der Waals surface area contributed by atoms with Gasteiger partial charge >= 0.3 is 0 Å². The number of amides is 2. The van der Waals surface area contributed by atoms with Gasteiger partial charge in [0, 0.05) is 32.6 Å². The first kappa shape index (κ1) is 21.8. The maximum absolute atomic E-state index is 12.7. The zero-order valence-corrected chi connectivity index (χ0v) is 17.7. The van der Waals surface area contributed by atoms with Gasteiger partial charge < -0.3 is 10.2 Å². The summed E-state index contributed by atoms with van der Waals surface area (Å²) in [4.78, 5) is 26.4. The largest absolute Gasteiger partial charge is 0.354 e. The first-order valence-corrected chi connectivity index (χ1v) is 12.0. The van der Waals surface area contributed by atoms with Crippen molar-refractivity contribution in [2.75, 3.05) is 32.7 Å². The third kappa shape index (κ3) is 6.02. The van der Waals surface area contributed by atoms with Gasteiger partial charge in [-0.05, 0) is 43.7 Å². The predicted octanol–water partition coefficient (Wildman–Crippen LogP) is 2.00.